The average molecular weight is 286 g/mol. The summed E-state index contributed by atoms with van der Waals surface area (Å²) < 4.78 is 1.04. The van der Waals surface area contributed by atoms with E-state index in [0.717, 1.165) is 23.0 Å². The molecule has 1 aromatic carbocycles. The van der Waals surface area contributed by atoms with Gasteiger partial charge in [-0.05, 0) is 45.0 Å². The second-order valence-electron chi connectivity index (χ2n) is 4.43. The van der Waals surface area contributed by atoms with Crippen LogP contribution in [0.3, 0.4) is 0 Å². The Kier molecular flexibility index (Phi) is 5.46. The molecule has 0 bridgehead atoms. The highest BCUT2D eigenvalue weighted by Gasteiger charge is 2.10. The van der Waals surface area contributed by atoms with Gasteiger partial charge in [-0.25, -0.2) is 0 Å². The molecule has 0 aliphatic heterocycles. The van der Waals surface area contributed by atoms with Gasteiger partial charge in [0, 0.05) is 17.1 Å². The molecule has 0 aliphatic carbocycles. The van der Waals surface area contributed by atoms with Crippen LogP contribution < -0.4 is 0 Å². The molecule has 1 atom stereocenters. The first-order valence-corrected chi connectivity index (χ1v) is 6.43. The zero-order valence-corrected chi connectivity index (χ0v) is 11.7. The van der Waals surface area contributed by atoms with Gasteiger partial charge in [0.1, 0.15) is 0 Å². The fourth-order valence-electron chi connectivity index (χ4n) is 1.44. The molecule has 1 N–H and O–H groups in total. The highest BCUT2D eigenvalue weighted by molar-refractivity contribution is 9.10. The molecule has 2 nitrogen and oxygen atoms in total. The van der Waals surface area contributed by atoms with E-state index < -0.39 is 0 Å². The molecule has 1 aromatic rings. The lowest BCUT2D eigenvalue weighted by molar-refractivity contribution is 0.141. The minimum atomic E-state index is -0.366. The van der Waals surface area contributed by atoms with Crippen LogP contribution in [-0.4, -0.2) is 29.6 Å². The summed E-state index contributed by atoms with van der Waals surface area (Å²) >= 11 is 3.39. The Balaban J connectivity index is 2.46. The summed E-state index contributed by atoms with van der Waals surface area (Å²) in [5, 5.41) is 10.0. The molecular weight excluding hydrogens is 266 g/mol. The molecular formula is C13H20BrNO. The first kappa shape index (κ1) is 13.7. The third kappa shape index (κ3) is 4.24. The highest BCUT2D eigenvalue weighted by atomic mass is 79.9. The predicted molar refractivity (Wildman–Crippen MR) is 71.5 cm³/mol. The van der Waals surface area contributed by atoms with Crippen molar-refractivity contribution in [2.24, 2.45) is 0 Å². The Morgan fingerprint density at radius 1 is 1.25 bits per heavy atom. The molecule has 0 saturated heterocycles. The van der Waals surface area contributed by atoms with Crippen molar-refractivity contribution in [2.75, 3.05) is 13.6 Å². The van der Waals surface area contributed by atoms with Crippen molar-refractivity contribution < 1.29 is 5.11 Å². The number of nitrogens with zero attached hydrogens (tertiary/aromatic N) is 1. The van der Waals surface area contributed by atoms with E-state index in [0.29, 0.717) is 6.04 Å². The lowest BCUT2D eigenvalue weighted by Gasteiger charge is -2.22. The number of benzene rings is 1. The van der Waals surface area contributed by atoms with Crippen LogP contribution in [0.15, 0.2) is 28.7 Å². The number of aliphatic hydroxyl groups is 1. The Labute approximate surface area is 106 Å². The molecule has 0 amide bonds. The third-order valence-electron chi connectivity index (χ3n) is 2.89. The van der Waals surface area contributed by atoms with Crippen molar-refractivity contribution in [1.82, 2.24) is 4.90 Å². The fourth-order valence-corrected chi connectivity index (χ4v) is 1.70. The van der Waals surface area contributed by atoms with E-state index in [9.17, 15) is 5.11 Å². The molecule has 1 rings (SSSR count). The van der Waals surface area contributed by atoms with E-state index in [1.165, 1.54) is 0 Å². The van der Waals surface area contributed by atoms with Crippen LogP contribution >= 0.6 is 15.9 Å². The van der Waals surface area contributed by atoms with E-state index in [-0.39, 0.29) is 6.10 Å². The lowest BCUT2D eigenvalue weighted by atomic mass is 10.1. The van der Waals surface area contributed by atoms with Crippen LogP contribution in [0.1, 0.15) is 31.9 Å². The van der Waals surface area contributed by atoms with Crippen LogP contribution in [0.4, 0.5) is 0 Å². The van der Waals surface area contributed by atoms with Gasteiger partial charge < -0.3 is 10.0 Å². The minimum absolute atomic E-state index is 0.366. The van der Waals surface area contributed by atoms with Crippen molar-refractivity contribution in [3.63, 3.8) is 0 Å². The van der Waals surface area contributed by atoms with Crippen LogP contribution in [-0.2, 0) is 0 Å². The summed E-state index contributed by atoms with van der Waals surface area (Å²) in [4.78, 5) is 2.24. The van der Waals surface area contributed by atoms with Gasteiger partial charge in [0.2, 0.25) is 0 Å². The lowest BCUT2D eigenvalue weighted by Crippen LogP contribution is -2.28. The van der Waals surface area contributed by atoms with E-state index in [4.69, 9.17) is 0 Å². The molecule has 0 aromatic heterocycles. The Bertz CT molecular complexity index is 310. The van der Waals surface area contributed by atoms with Crippen molar-refractivity contribution in [3.8, 4) is 0 Å². The summed E-state index contributed by atoms with van der Waals surface area (Å²) in [6, 6.07) is 8.38. The molecule has 3 heteroatoms. The topological polar surface area (TPSA) is 23.5 Å². The third-order valence-corrected chi connectivity index (χ3v) is 3.42. The number of rotatable bonds is 5. The molecule has 0 saturated carbocycles. The predicted octanol–water partition coefficient (Wildman–Crippen LogP) is 3.21. The van der Waals surface area contributed by atoms with E-state index in [1.54, 1.807) is 0 Å². The zero-order valence-electron chi connectivity index (χ0n) is 10.2. The summed E-state index contributed by atoms with van der Waals surface area (Å²) in [5.41, 5.74) is 0.986. The van der Waals surface area contributed by atoms with Gasteiger partial charge in [-0.3, -0.25) is 0 Å². The maximum absolute atomic E-state index is 10.0. The molecule has 0 heterocycles. The monoisotopic (exact) mass is 285 g/mol. The first-order valence-electron chi connectivity index (χ1n) is 5.64. The van der Waals surface area contributed by atoms with Crippen LogP contribution in [0.25, 0.3) is 0 Å². The molecule has 0 spiro atoms. The zero-order chi connectivity index (χ0) is 12.1. The summed E-state index contributed by atoms with van der Waals surface area (Å²) in [6.07, 6.45) is 0.408. The largest absolute Gasteiger partial charge is 0.388 e. The molecule has 1 unspecified atom stereocenters. The Hall–Kier alpha value is -0.380. The van der Waals surface area contributed by atoms with E-state index in [1.807, 2.05) is 24.3 Å². The van der Waals surface area contributed by atoms with Gasteiger partial charge in [-0.2, -0.15) is 0 Å². The summed E-state index contributed by atoms with van der Waals surface area (Å²) in [6.45, 7) is 5.23. The van der Waals surface area contributed by atoms with Gasteiger partial charge in [0.05, 0.1) is 6.10 Å². The molecule has 0 fully saturated rings. The van der Waals surface area contributed by atoms with Crippen molar-refractivity contribution in [1.29, 1.82) is 0 Å². The second kappa shape index (κ2) is 6.38. The standard InChI is InChI=1S/C13H20BrNO/c1-10(2)15(3)9-8-13(16)11-4-6-12(14)7-5-11/h4-7,10,13,16H,8-9H2,1-3H3. The second-order valence-corrected chi connectivity index (χ2v) is 5.35. The van der Waals surface area contributed by atoms with Gasteiger partial charge in [0.25, 0.3) is 0 Å². The minimum Gasteiger partial charge on any atom is -0.388 e. The van der Waals surface area contributed by atoms with Gasteiger partial charge in [-0.15, -0.1) is 0 Å². The number of aliphatic hydroxyl groups excluding tert-OH is 1. The van der Waals surface area contributed by atoms with E-state index in [2.05, 4.69) is 41.7 Å². The first-order chi connectivity index (χ1) is 7.50. The Morgan fingerprint density at radius 2 is 1.81 bits per heavy atom. The van der Waals surface area contributed by atoms with Gasteiger partial charge >= 0.3 is 0 Å². The van der Waals surface area contributed by atoms with E-state index >= 15 is 0 Å². The summed E-state index contributed by atoms with van der Waals surface area (Å²) in [5.74, 6) is 0. The van der Waals surface area contributed by atoms with Crippen LogP contribution in [0, 0.1) is 0 Å². The van der Waals surface area contributed by atoms with Crippen molar-refractivity contribution in [3.05, 3.63) is 34.3 Å². The molecule has 16 heavy (non-hydrogen) atoms. The molecule has 0 aliphatic rings. The van der Waals surface area contributed by atoms with Crippen molar-refractivity contribution >= 4 is 15.9 Å². The fraction of sp³-hybridized carbons (Fsp3) is 0.538. The number of hydrogen-bond acceptors (Lipinski definition) is 2. The smallest absolute Gasteiger partial charge is 0.0802 e. The maximum atomic E-state index is 10.0. The SMILES string of the molecule is CC(C)N(C)CCC(O)c1ccc(Br)cc1. The normalized spacial score (nSPS) is 13.4. The quantitative estimate of drug-likeness (QED) is 0.898. The maximum Gasteiger partial charge on any atom is 0.0802 e. The van der Waals surface area contributed by atoms with Crippen LogP contribution in [0.5, 0.6) is 0 Å². The van der Waals surface area contributed by atoms with Gasteiger partial charge in [0.15, 0.2) is 0 Å². The summed E-state index contributed by atoms with van der Waals surface area (Å²) in [7, 11) is 2.08. The van der Waals surface area contributed by atoms with Crippen molar-refractivity contribution in [2.45, 2.75) is 32.4 Å². The Morgan fingerprint density at radius 3 is 2.31 bits per heavy atom. The highest BCUT2D eigenvalue weighted by Crippen LogP contribution is 2.19. The average Bonchev–Trinajstić information content (AvgIpc) is 2.26. The number of halogens is 1. The van der Waals surface area contributed by atoms with Gasteiger partial charge in [-0.1, -0.05) is 28.1 Å². The number of hydrogen-bond donors (Lipinski definition) is 1. The molecule has 0 radical (unpaired) electrons. The molecule has 90 valence electrons. The van der Waals surface area contributed by atoms with Crippen LogP contribution in [0.2, 0.25) is 0 Å².